The lowest BCUT2D eigenvalue weighted by Gasteiger charge is -2.41. The average Bonchev–Trinajstić information content (AvgIpc) is 2.09. The zero-order chi connectivity index (χ0) is 11.8. The Bertz CT molecular complexity index is 402. The van der Waals surface area contributed by atoms with Gasteiger partial charge in [0.1, 0.15) is 5.82 Å². The lowest BCUT2D eigenvalue weighted by Crippen LogP contribution is -2.36. The quantitative estimate of drug-likeness (QED) is 0.853. The Labute approximate surface area is 94.1 Å². The SMILES string of the molecule is Cc1cc(F)cc(C2(CC(=O)O)CCC2)c1. The summed E-state index contributed by atoms with van der Waals surface area (Å²) in [6.45, 7) is 1.83. The summed E-state index contributed by atoms with van der Waals surface area (Å²) >= 11 is 0. The number of halogens is 1. The Morgan fingerprint density at radius 2 is 2.12 bits per heavy atom. The van der Waals surface area contributed by atoms with Crippen molar-refractivity contribution in [1.29, 1.82) is 0 Å². The molecule has 2 rings (SSSR count). The van der Waals surface area contributed by atoms with Crippen LogP contribution in [0.1, 0.15) is 36.8 Å². The van der Waals surface area contributed by atoms with Crippen molar-refractivity contribution in [2.45, 2.75) is 38.0 Å². The van der Waals surface area contributed by atoms with Crippen molar-refractivity contribution in [3.63, 3.8) is 0 Å². The number of carboxylic acid groups (broad SMARTS) is 1. The van der Waals surface area contributed by atoms with Gasteiger partial charge in [-0.3, -0.25) is 4.79 Å². The second-order valence-corrected chi connectivity index (χ2v) is 4.72. The van der Waals surface area contributed by atoms with Crippen molar-refractivity contribution in [3.8, 4) is 0 Å². The molecule has 0 aliphatic heterocycles. The summed E-state index contributed by atoms with van der Waals surface area (Å²) in [7, 11) is 0. The fourth-order valence-corrected chi connectivity index (χ4v) is 2.50. The van der Waals surface area contributed by atoms with Crippen LogP contribution in [0.25, 0.3) is 0 Å². The Balaban J connectivity index is 2.36. The van der Waals surface area contributed by atoms with Gasteiger partial charge in [-0.2, -0.15) is 0 Å². The van der Waals surface area contributed by atoms with Crippen LogP contribution in [0.4, 0.5) is 4.39 Å². The average molecular weight is 222 g/mol. The van der Waals surface area contributed by atoms with Crippen molar-refractivity contribution in [3.05, 3.63) is 35.1 Å². The van der Waals surface area contributed by atoms with Crippen LogP contribution in [-0.4, -0.2) is 11.1 Å². The molecule has 1 aromatic carbocycles. The van der Waals surface area contributed by atoms with Gasteiger partial charge in [-0.1, -0.05) is 12.5 Å². The van der Waals surface area contributed by atoms with Crippen LogP contribution in [-0.2, 0) is 10.2 Å². The van der Waals surface area contributed by atoms with E-state index in [4.69, 9.17) is 5.11 Å². The van der Waals surface area contributed by atoms with Gasteiger partial charge in [-0.05, 0) is 43.0 Å². The van der Waals surface area contributed by atoms with Crippen molar-refractivity contribution >= 4 is 5.97 Å². The van der Waals surface area contributed by atoms with Gasteiger partial charge in [-0.15, -0.1) is 0 Å². The van der Waals surface area contributed by atoms with Crippen LogP contribution >= 0.6 is 0 Å². The Kier molecular flexibility index (Phi) is 2.70. The molecule has 0 amide bonds. The zero-order valence-electron chi connectivity index (χ0n) is 9.29. The molecule has 1 aromatic rings. The smallest absolute Gasteiger partial charge is 0.304 e. The molecule has 0 unspecified atom stereocenters. The summed E-state index contributed by atoms with van der Waals surface area (Å²) in [6, 6.07) is 4.86. The molecule has 0 bridgehead atoms. The number of carbonyl (C=O) groups is 1. The van der Waals surface area contributed by atoms with Gasteiger partial charge in [0, 0.05) is 5.41 Å². The van der Waals surface area contributed by atoms with Crippen molar-refractivity contribution in [2.75, 3.05) is 0 Å². The number of aryl methyl sites for hydroxylation is 1. The van der Waals surface area contributed by atoms with E-state index in [9.17, 15) is 9.18 Å². The van der Waals surface area contributed by atoms with E-state index in [1.165, 1.54) is 12.1 Å². The van der Waals surface area contributed by atoms with E-state index >= 15 is 0 Å². The van der Waals surface area contributed by atoms with Gasteiger partial charge >= 0.3 is 5.97 Å². The minimum atomic E-state index is -0.804. The van der Waals surface area contributed by atoms with Crippen LogP contribution in [0.3, 0.4) is 0 Å². The largest absolute Gasteiger partial charge is 0.481 e. The molecule has 0 radical (unpaired) electrons. The van der Waals surface area contributed by atoms with Gasteiger partial charge < -0.3 is 5.11 Å². The molecule has 1 saturated carbocycles. The first-order valence-electron chi connectivity index (χ1n) is 5.51. The predicted octanol–water partition coefficient (Wildman–Crippen LogP) is 3.03. The highest BCUT2D eigenvalue weighted by molar-refractivity contribution is 5.69. The molecule has 0 saturated heterocycles. The highest BCUT2D eigenvalue weighted by Crippen LogP contribution is 2.46. The number of aliphatic carboxylic acids is 1. The molecular formula is C13H15FO2. The van der Waals surface area contributed by atoms with E-state index in [0.29, 0.717) is 0 Å². The zero-order valence-corrected chi connectivity index (χ0v) is 9.29. The minimum Gasteiger partial charge on any atom is -0.481 e. The monoisotopic (exact) mass is 222 g/mol. The number of benzene rings is 1. The van der Waals surface area contributed by atoms with Gasteiger partial charge in [0.05, 0.1) is 6.42 Å². The van der Waals surface area contributed by atoms with Crippen LogP contribution in [0.5, 0.6) is 0 Å². The maximum absolute atomic E-state index is 13.3. The van der Waals surface area contributed by atoms with E-state index in [-0.39, 0.29) is 17.7 Å². The summed E-state index contributed by atoms with van der Waals surface area (Å²) in [5.41, 5.74) is 1.38. The van der Waals surface area contributed by atoms with Crippen LogP contribution in [0, 0.1) is 12.7 Å². The molecule has 16 heavy (non-hydrogen) atoms. The summed E-state index contributed by atoms with van der Waals surface area (Å²) < 4.78 is 13.3. The van der Waals surface area contributed by atoms with Gasteiger partial charge in [0.25, 0.3) is 0 Å². The standard InChI is InChI=1S/C13H15FO2/c1-9-5-10(7-11(14)6-9)13(3-2-4-13)8-12(15)16/h5-7H,2-4,8H2,1H3,(H,15,16). The van der Waals surface area contributed by atoms with Crippen LogP contribution in [0.15, 0.2) is 18.2 Å². The molecule has 0 aromatic heterocycles. The van der Waals surface area contributed by atoms with Crippen molar-refractivity contribution in [1.82, 2.24) is 0 Å². The number of rotatable bonds is 3. The summed E-state index contributed by atoms with van der Waals surface area (Å²) in [6.07, 6.45) is 2.84. The third-order valence-electron chi connectivity index (χ3n) is 3.45. The normalized spacial score (nSPS) is 17.9. The topological polar surface area (TPSA) is 37.3 Å². The molecule has 1 aliphatic rings. The molecule has 0 atom stereocenters. The molecule has 1 N–H and O–H groups in total. The molecular weight excluding hydrogens is 207 g/mol. The fraction of sp³-hybridized carbons (Fsp3) is 0.462. The van der Waals surface area contributed by atoms with E-state index in [1.807, 2.05) is 13.0 Å². The third kappa shape index (κ3) is 1.94. The second-order valence-electron chi connectivity index (χ2n) is 4.72. The van der Waals surface area contributed by atoms with E-state index in [2.05, 4.69) is 0 Å². The number of carboxylic acids is 1. The Morgan fingerprint density at radius 1 is 1.44 bits per heavy atom. The predicted molar refractivity (Wildman–Crippen MR) is 58.9 cm³/mol. The fourth-order valence-electron chi connectivity index (χ4n) is 2.50. The van der Waals surface area contributed by atoms with Gasteiger partial charge in [-0.25, -0.2) is 4.39 Å². The van der Waals surface area contributed by atoms with E-state index in [1.54, 1.807) is 0 Å². The summed E-state index contributed by atoms with van der Waals surface area (Å²) in [5.74, 6) is -1.08. The molecule has 1 aliphatic carbocycles. The molecule has 0 heterocycles. The minimum absolute atomic E-state index is 0.107. The molecule has 0 spiro atoms. The Hall–Kier alpha value is -1.38. The highest BCUT2D eigenvalue weighted by atomic mass is 19.1. The Morgan fingerprint density at radius 3 is 2.56 bits per heavy atom. The highest BCUT2D eigenvalue weighted by Gasteiger charge is 2.40. The summed E-state index contributed by atoms with van der Waals surface area (Å²) in [5, 5.41) is 8.92. The van der Waals surface area contributed by atoms with Gasteiger partial charge in [0.15, 0.2) is 0 Å². The van der Waals surface area contributed by atoms with E-state index < -0.39 is 5.97 Å². The molecule has 3 heteroatoms. The summed E-state index contributed by atoms with van der Waals surface area (Å²) in [4.78, 5) is 10.9. The van der Waals surface area contributed by atoms with Crippen molar-refractivity contribution in [2.24, 2.45) is 0 Å². The maximum atomic E-state index is 13.3. The third-order valence-corrected chi connectivity index (χ3v) is 3.45. The lowest BCUT2D eigenvalue weighted by atomic mass is 9.62. The molecule has 1 fully saturated rings. The van der Waals surface area contributed by atoms with Crippen LogP contribution < -0.4 is 0 Å². The lowest BCUT2D eigenvalue weighted by molar-refractivity contribution is -0.139. The first-order valence-corrected chi connectivity index (χ1v) is 5.51. The number of hydrogen-bond acceptors (Lipinski definition) is 1. The first-order chi connectivity index (χ1) is 7.52. The number of hydrogen-bond donors (Lipinski definition) is 1. The van der Waals surface area contributed by atoms with Crippen molar-refractivity contribution < 1.29 is 14.3 Å². The second kappa shape index (κ2) is 3.89. The van der Waals surface area contributed by atoms with Crippen LogP contribution in [0.2, 0.25) is 0 Å². The maximum Gasteiger partial charge on any atom is 0.304 e. The molecule has 86 valence electrons. The van der Waals surface area contributed by atoms with Gasteiger partial charge in [0.2, 0.25) is 0 Å². The van der Waals surface area contributed by atoms with E-state index in [0.717, 1.165) is 30.4 Å². The molecule has 2 nitrogen and oxygen atoms in total. The first kappa shape index (κ1) is 11.1.